The number of carbonyl (C=O) groups excluding carboxylic acids is 4. The molecule has 14 heteroatoms. The van der Waals surface area contributed by atoms with Crippen LogP contribution in [0.3, 0.4) is 0 Å². The molecule has 3 heterocycles. The predicted molar refractivity (Wildman–Crippen MR) is 131 cm³/mol. The van der Waals surface area contributed by atoms with E-state index in [4.69, 9.17) is 4.74 Å². The van der Waals surface area contributed by atoms with Crippen molar-refractivity contribution in [1.29, 1.82) is 5.26 Å². The van der Waals surface area contributed by atoms with Crippen LogP contribution in [0.4, 0.5) is 18.9 Å². The average Bonchev–Trinajstić information content (AvgIpc) is 3.85. The van der Waals surface area contributed by atoms with Crippen molar-refractivity contribution in [2.45, 2.75) is 74.8 Å². The van der Waals surface area contributed by atoms with Gasteiger partial charge in [0.1, 0.15) is 23.8 Å². The van der Waals surface area contributed by atoms with Crippen LogP contribution < -0.4 is 15.4 Å². The zero-order valence-electron chi connectivity index (χ0n) is 21.7. The van der Waals surface area contributed by atoms with Crippen LogP contribution >= 0.6 is 0 Å². The Hall–Kier alpha value is -3.89. The molecule has 2 aliphatic carbocycles. The summed E-state index contributed by atoms with van der Waals surface area (Å²) in [5.74, 6) is -3.89. The second-order valence-corrected chi connectivity index (χ2v) is 11.1. The minimum absolute atomic E-state index is 0.00771. The first kappa shape index (κ1) is 27.7. The number of carbonyl (C=O) groups is 4. The van der Waals surface area contributed by atoms with Gasteiger partial charge in [0.2, 0.25) is 23.3 Å². The number of ether oxygens (including phenoxy) is 1. The molecule has 3 fully saturated rings. The van der Waals surface area contributed by atoms with Gasteiger partial charge < -0.3 is 25.2 Å². The average molecular weight is 563 g/mol. The lowest BCUT2D eigenvalue weighted by Gasteiger charge is -2.35. The molecule has 214 valence electrons. The number of anilines is 1. The van der Waals surface area contributed by atoms with Crippen LogP contribution in [0.25, 0.3) is 0 Å². The Bertz CT molecular complexity index is 1260. The van der Waals surface area contributed by atoms with Gasteiger partial charge in [-0.25, -0.2) is 4.98 Å². The van der Waals surface area contributed by atoms with Gasteiger partial charge in [0, 0.05) is 19.7 Å². The summed E-state index contributed by atoms with van der Waals surface area (Å²) in [5.41, 5.74) is -1.21. The topological polar surface area (TPSA) is 145 Å². The van der Waals surface area contributed by atoms with Crippen LogP contribution in [0, 0.1) is 23.2 Å². The number of aromatic nitrogens is 1. The van der Waals surface area contributed by atoms with Gasteiger partial charge in [-0.1, -0.05) is 25.7 Å². The Morgan fingerprint density at radius 3 is 2.58 bits per heavy atom. The molecular formula is C26H29F3N6O5. The normalized spacial score (nSPS) is 25.2. The fourth-order valence-corrected chi connectivity index (χ4v) is 5.33. The smallest absolute Gasteiger partial charge is 0.457 e. The largest absolute Gasteiger partial charge is 0.471 e. The third-order valence-corrected chi connectivity index (χ3v) is 7.96. The SMILES string of the molecule is CN(C(=O)C(CC1CC1)NC(=O)C(F)(F)F)C(CC1CC1)C(=O)N1CC2(CC1C#N)Oc1ncccc1NC2=O. The van der Waals surface area contributed by atoms with Crippen molar-refractivity contribution >= 4 is 29.3 Å². The van der Waals surface area contributed by atoms with E-state index in [2.05, 4.69) is 10.3 Å². The zero-order chi connectivity index (χ0) is 28.8. The highest BCUT2D eigenvalue weighted by Crippen LogP contribution is 2.41. The zero-order valence-corrected chi connectivity index (χ0v) is 21.7. The van der Waals surface area contributed by atoms with Crippen LogP contribution in [0.5, 0.6) is 5.88 Å². The maximum Gasteiger partial charge on any atom is 0.471 e. The molecule has 2 N–H and O–H groups in total. The van der Waals surface area contributed by atoms with Crippen LogP contribution in [0.15, 0.2) is 18.3 Å². The van der Waals surface area contributed by atoms with Crippen molar-refractivity contribution in [3.8, 4) is 11.9 Å². The van der Waals surface area contributed by atoms with Gasteiger partial charge in [0.05, 0.1) is 12.6 Å². The van der Waals surface area contributed by atoms with E-state index in [9.17, 15) is 37.6 Å². The number of likely N-dealkylation sites (N-methyl/N-ethyl adjacent to an activating group) is 1. The third-order valence-electron chi connectivity index (χ3n) is 7.96. The van der Waals surface area contributed by atoms with E-state index in [0.29, 0.717) is 5.69 Å². The van der Waals surface area contributed by atoms with Crippen LogP contribution in [0.1, 0.15) is 44.9 Å². The molecule has 5 rings (SSSR count). The van der Waals surface area contributed by atoms with E-state index in [0.717, 1.165) is 30.6 Å². The van der Waals surface area contributed by atoms with Gasteiger partial charge in [-0.3, -0.25) is 19.2 Å². The number of hydrogen-bond donors (Lipinski definition) is 2. The molecule has 11 nitrogen and oxygen atoms in total. The summed E-state index contributed by atoms with van der Waals surface area (Å²) in [5, 5.41) is 14.4. The van der Waals surface area contributed by atoms with Gasteiger partial charge in [-0.15, -0.1) is 0 Å². The van der Waals surface area contributed by atoms with Crippen LogP contribution in [-0.2, 0) is 19.2 Å². The number of halogens is 3. The second-order valence-electron chi connectivity index (χ2n) is 11.1. The number of nitriles is 1. The Kier molecular flexibility index (Phi) is 7.09. The summed E-state index contributed by atoms with van der Waals surface area (Å²) in [6, 6.07) is 1.65. The first-order chi connectivity index (χ1) is 18.9. The first-order valence-corrected chi connectivity index (χ1v) is 13.2. The molecule has 1 saturated heterocycles. The van der Waals surface area contributed by atoms with Gasteiger partial charge >= 0.3 is 12.1 Å². The predicted octanol–water partition coefficient (Wildman–Crippen LogP) is 1.75. The van der Waals surface area contributed by atoms with E-state index < -0.39 is 53.5 Å². The van der Waals surface area contributed by atoms with Crippen molar-refractivity contribution < 1.29 is 37.1 Å². The minimum atomic E-state index is -5.16. The summed E-state index contributed by atoms with van der Waals surface area (Å²) in [6.07, 6.45) is -0.431. The highest BCUT2D eigenvalue weighted by Gasteiger charge is 2.57. The summed E-state index contributed by atoms with van der Waals surface area (Å²) >= 11 is 0. The van der Waals surface area contributed by atoms with Crippen molar-refractivity contribution in [1.82, 2.24) is 20.1 Å². The lowest BCUT2D eigenvalue weighted by atomic mass is 9.97. The van der Waals surface area contributed by atoms with Crippen molar-refractivity contribution in [2.24, 2.45) is 11.8 Å². The lowest BCUT2D eigenvalue weighted by molar-refractivity contribution is -0.175. The number of hydrogen-bond acceptors (Lipinski definition) is 7. The van der Waals surface area contributed by atoms with Gasteiger partial charge in [-0.05, 0) is 36.8 Å². The number of nitrogens with one attached hydrogen (secondary N) is 2. The molecule has 4 amide bonds. The van der Waals surface area contributed by atoms with Crippen molar-refractivity contribution in [3.63, 3.8) is 0 Å². The highest BCUT2D eigenvalue weighted by molar-refractivity contribution is 6.02. The number of likely N-dealkylation sites (tertiary alicyclic amines) is 1. The second kappa shape index (κ2) is 10.3. The molecule has 0 radical (unpaired) electrons. The van der Waals surface area contributed by atoms with E-state index in [-0.39, 0.29) is 43.5 Å². The van der Waals surface area contributed by atoms with Crippen molar-refractivity contribution in [2.75, 3.05) is 18.9 Å². The fourth-order valence-electron chi connectivity index (χ4n) is 5.33. The van der Waals surface area contributed by atoms with Gasteiger partial charge in [0.25, 0.3) is 5.91 Å². The summed E-state index contributed by atoms with van der Waals surface area (Å²) in [6.45, 7) is -0.272. The van der Waals surface area contributed by atoms with Gasteiger partial charge in [0.15, 0.2) is 0 Å². The van der Waals surface area contributed by atoms with E-state index in [1.165, 1.54) is 18.1 Å². The Morgan fingerprint density at radius 2 is 1.95 bits per heavy atom. The molecule has 1 aromatic rings. The first-order valence-electron chi connectivity index (χ1n) is 13.2. The molecule has 2 aliphatic heterocycles. The number of nitrogens with zero attached hydrogens (tertiary/aromatic N) is 4. The maximum absolute atomic E-state index is 14.0. The molecule has 0 aromatic carbocycles. The number of pyridine rings is 1. The summed E-state index contributed by atoms with van der Waals surface area (Å²) in [7, 11) is 1.32. The molecule has 4 unspecified atom stereocenters. The van der Waals surface area contributed by atoms with Crippen molar-refractivity contribution in [3.05, 3.63) is 18.3 Å². The molecule has 4 atom stereocenters. The van der Waals surface area contributed by atoms with Gasteiger partial charge in [-0.2, -0.15) is 18.4 Å². The number of amides is 4. The molecule has 40 heavy (non-hydrogen) atoms. The quantitative estimate of drug-likeness (QED) is 0.491. The monoisotopic (exact) mass is 562 g/mol. The minimum Gasteiger partial charge on any atom is -0.457 e. The Balaban J connectivity index is 1.37. The molecule has 0 bridgehead atoms. The van der Waals surface area contributed by atoms with E-state index >= 15 is 0 Å². The fraction of sp³-hybridized carbons (Fsp3) is 0.615. The van der Waals surface area contributed by atoms with Crippen LogP contribution in [-0.4, -0.2) is 81.9 Å². The summed E-state index contributed by atoms with van der Waals surface area (Å²) < 4.78 is 45.0. The Labute approximate surface area is 228 Å². The number of rotatable bonds is 8. The molecule has 1 spiro atoms. The van der Waals surface area contributed by atoms with E-state index in [1.807, 2.05) is 11.4 Å². The van der Waals surface area contributed by atoms with Crippen LogP contribution in [0.2, 0.25) is 0 Å². The molecular weight excluding hydrogens is 533 g/mol. The summed E-state index contributed by atoms with van der Waals surface area (Å²) in [4.78, 5) is 58.6. The Morgan fingerprint density at radius 1 is 1.27 bits per heavy atom. The maximum atomic E-state index is 14.0. The lowest BCUT2D eigenvalue weighted by Crippen LogP contribution is -2.58. The molecule has 4 aliphatic rings. The standard InChI is InChI=1S/C26H29F3N6O5/c1-34(21(36)18(9-14-4-5-14)33-24(39)26(27,28)29)19(10-15-6-7-15)22(37)35-13-25(11-16(35)12-30)23(38)32-17-3-2-8-31-20(17)40-25/h2-3,8,14-16,18-19H,4-7,9-11,13H2,1H3,(H,32,38)(H,33,39). The third kappa shape index (κ3) is 5.55. The molecule has 2 saturated carbocycles. The number of alkyl halides is 3. The highest BCUT2D eigenvalue weighted by atomic mass is 19.4. The van der Waals surface area contributed by atoms with E-state index in [1.54, 1.807) is 12.1 Å². The molecule has 1 aromatic heterocycles. The number of fused-ring (bicyclic) bond motifs is 1.